The Balaban J connectivity index is 0.000000184. The van der Waals surface area contributed by atoms with Crippen LogP contribution in [0.2, 0.25) is 0 Å². The van der Waals surface area contributed by atoms with Crippen LogP contribution in [-0.2, 0) is 107 Å². The van der Waals surface area contributed by atoms with Crippen LogP contribution >= 0.6 is 15.6 Å². The van der Waals surface area contributed by atoms with Gasteiger partial charge in [-0.3, -0.25) is 22.7 Å². The molecule has 2 saturated carbocycles. The molecule has 45 nitrogen and oxygen atoms in total. The zero-order valence-corrected chi connectivity index (χ0v) is 69.4. The maximum absolute atomic E-state index is 15.5. The van der Waals surface area contributed by atoms with Crippen LogP contribution in [0.4, 0.5) is 49.8 Å². The number of ether oxygens (including phenoxy) is 15. The van der Waals surface area contributed by atoms with E-state index in [1.54, 1.807) is 77.8 Å². The fourth-order valence-corrected chi connectivity index (χ4v) is 16.7. The van der Waals surface area contributed by atoms with Crippen molar-refractivity contribution in [2.45, 2.75) is 248 Å². The second-order valence-electron chi connectivity index (χ2n) is 30.3. The fraction of sp³-hybridized carbons (Fsp3) is 0.729. The van der Waals surface area contributed by atoms with Gasteiger partial charge in [-0.1, -0.05) is 0 Å². The number of hydrogen-bond acceptors (Lipinski definition) is 42. The third-order valence-electron chi connectivity index (χ3n) is 20.0. The zero-order chi connectivity index (χ0) is 88.4. The Morgan fingerprint density at radius 3 is 1.23 bits per heavy atom. The van der Waals surface area contributed by atoms with Crippen molar-refractivity contribution in [2.75, 3.05) is 96.5 Å². The SMILES string of the molecule is CC(C)OC(=O)OCOP(=O)(OCOC(=O)OC(C)C)OC[C@@]1(CF)O[C@@H](n2cnc3c(N)ncnc32)[C@](C)(O)[C@@H]1O.[3H]CCNc1ncnc2c1ncn2[C@@H]1O[C@@](CO)(CF)[C@H]2OC3(CCCC3)O[C@]21C.[3H]CCNc1ncnc2c1ncn2[C@@H]1O[C@](CF)(COP(=O)(OCOC(=O)OC(C)C)OCOC(=O)OC(C)C)[C@H]2OC3(CCCC3)O[C@]21C. The second-order valence-corrected chi connectivity index (χ2v) is 33.6. The van der Waals surface area contributed by atoms with Crippen molar-refractivity contribution >= 4 is 91.2 Å². The van der Waals surface area contributed by atoms with E-state index in [1.165, 1.54) is 29.9 Å². The molecular weight excluding hydrogens is 1650 g/mol. The van der Waals surface area contributed by atoms with Crippen LogP contribution in [0.15, 0.2) is 38.0 Å². The summed E-state index contributed by atoms with van der Waals surface area (Å²) in [7, 11) is -9.67. The first-order valence-corrected chi connectivity index (χ1v) is 41.1. The van der Waals surface area contributed by atoms with Gasteiger partial charge in [0.05, 0.1) is 63.2 Å². The van der Waals surface area contributed by atoms with Gasteiger partial charge < -0.3 is 103 Å². The largest absolute Gasteiger partial charge is 0.510 e. The molecule has 2 spiro atoms. The number of nitrogens with zero attached hydrogens (tertiary/aromatic N) is 12. The number of aliphatic hydroxyl groups excluding tert-OH is 2. The third-order valence-corrected chi connectivity index (χ3v) is 22.6. The van der Waals surface area contributed by atoms with Crippen molar-refractivity contribution in [1.29, 1.82) is 0 Å². The number of nitrogens with two attached hydrogens (primary N) is 1. The first kappa shape index (κ1) is 89.5. The van der Waals surface area contributed by atoms with E-state index < -0.39 is 214 Å². The van der Waals surface area contributed by atoms with Crippen LogP contribution in [0, 0.1) is 0 Å². The smallest absolute Gasteiger partial charge is 0.432 e. The van der Waals surface area contributed by atoms with Crippen molar-refractivity contribution in [1.82, 2.24) is 58.6 Å². The monoisotopic (exact) mass is 1760 g/mol. The number of anilines is 3. The molecule has 11 heterocycles. The Labute approximate surface area is 687 Å². The number of nitrogens with one attached hydrogen (secondary N) is 2. The number of aromatic nitrogens is 12. The van der Waals surface area contributed by atoms with E-state index in [-0.39, 0.29) is 30.8 Å². The first-order chi connectivity index (χ1) is 57.9. The number of hydrogen-bond donors (Lipinski definition) is 6. The van der Waals surface area contributed by atoms with Gasteiger partial charge in [-0.2, -0.15) is 0 Å². The van der Waals surface area contributed by atoms with Gasteiger partial charge in [0.2, 0.25) is 27.2 Å². The van der Waals surface area contributed by atoms with Crippen LogP contribution < -0.4 is 16.4 Å². The quantitative estimate of drug-likeness (QED) is 0.00967. The number of phosphoric acid groups is 2. The molecule has 13 rings (SSSR count). The summed E-state index contributed by atoms with van der Waals surface area (Å²) < 4.78 is 204. The van der Waals surface area contributed by atoms with E-state index in [2.05, 4.69) is 65.0 Å². The molecule has 7 aliphatic rings. The summed E-state index contributed by atoms with van der Waals surface area (Å²) in [6, 6.07) is 0. The first-order valence-electron chi connectivity index (χ1n) is 39.6. The summed E-state index contributed by atoms with van der Waals surface area (Å²) in [5.41, 5.74) is -2.66. The average Bonchev–Trinajstić information content (AvgIpc) is 1.54. The average molecular weight is 1760 g/mol. The predicted molar refractivity (Wildman–Crippen MR) is 402 cm³/mol. The molecular formula is C70H102F3N15O30P2. The van der Waals surface area contributed by atoms with Crippen molar-refractivity contribution in [2.24, 2.45) is 0 Å². The summed E-state index contributed by atoms with van der Waals surface area (Å²) in [5, 5.41) is 38.4. The highest BCUT2D eigenvalue weighted by molar-refractivity contribution is 7.48. The van der Waals surface area contributed by atoms with Gasteiger partial charge >= 0.3 is 40.3 Å². The minimum Gasteiger partial charge on any atom is -0.432 e. The Morgan fingerprint density at radius 1 is 0.517 bits per heavy atom. The number of fused-ring (bicyclic) bond motifs is 5. The van der Waals surface area contributed by atoms with Gasteiger partial charge in [0, 0.05) is 41.5 Å². The molecule has 6 aromatic rings. The lowest BCUT2D eigenvalue weighted by molar-refractivity contribution is -0.252. The molecule has 7 fully saturated rings. The molecule has 0 aromatic carbocycles. The highest BCUT2D eigenvalue weighted by Crippen LogP contribution is 2.63. The molecule has 0 radical (unpaired) electrons. The molecule has 5 aliphatic heterocycles. The fourth-order valence-electron chi connectivity index (χ4n) is 14.8. The summed E-state index contributed by atoms with van der Waals surface area (Å²) in [4.78, 5) is 85.1. The molecule has 2 aliphatic carbocycles. The zero-order valence-electron chi connectivity index (χ0n) is 69.6. The summed E-state index contributed by atoms with van der Waals surface area (Å²) in [6.07, 6.45) is 0.129. The minimum absolute atomic E-state index is 0.0197. The predicted octanol–water partition coefficient (Wildman–Crippen LogP) is 9.02. The highest BCUT2D eigenvalue weighted by atomic mass is 31.2. The molecule has 668 valence electrons. The number of nitrogen functional groups attached to an aromatic ring is 1. The standard InChI is InChI=1S/C29H43FN5O13P.C22H33FN5O13P.C19H26FN5O4/c1-7-31-21-20-22(33-14-32-21)35(15-34-20)24-27(6)23(46-29(48-27)10-8-9-11-29)28(12-30,47-24)13-41-49(38,42-16-39-25(36)44-18(2)3)43-17-40-26(37)45-19(4)5;1-12(2)39-19(30)34-10-37-42(33,38-11-35-20(31)40-13(3)4)36-7-22(6-23)17(29)21(5,32)18(41-22)28-9-27-14-15(24)25-8-26-16(14)28;1-3-21-13-12-14(23-10-22-13)25(11-24-12)16-17(2)15(18(8-20,9-26)28-16)27-19(29-17)6-4-5-7-19/h14-15,18-19,23-24H,7-13,16-17H2,1-6H3,(H,31,32,33);8-9,12-13,17-18,29,32H,6-7,10-11H2,1-5H3,(H2,24,25,26);10-11,15-16,26H,3-9H2,1-2H3,(H,21,22,23)/t23-,24+,27+,28+;17-,18+,21+,22+;15-,16+,17+,18+/m000/s1/i1T;;1T. The number of aliphatic hydroxyl groups is 3. The van der Waals surface area contributed by atoms with Gasteiger partial charge in [-0.15, -0.1) is 0 Å². The summed E-state index contributed by atoms with van der Waals surface area (Å²) in [5.74, 6) is -0.888. The summed E-state index contributed by atoms with van der Waals surface area (Å²) >= 11 is 0. The van der Waals surface area contributed by atoms with Crippen LogP contribution in [0.5, 0.6) is 0 Å². The highest BCUT2D eigenvalue weighted by Gasteiger charge is 2.74. The van der Waals surface area contributed by atoms with Gasteiger partial charge in [0.15, 0.2) is 92.5 Å². The van der Waals surface area contributed by atoms with E-state index in [0.717, 1.165) is 51.8 Å². The van der Waals surface area contributed by atoms with E-state index in [1.807, 2.05) is 6.92 Å². The number of imidazole rings is 3. The number of phosphoric ester groups is 2. The van der Waals surface area contributed by atoms with Gasteiger partial charge in [0.1, 0.15) is 79.6 Å². The number of carbonyl (C=O) groups is 4. The molecule has 12 atom stereocenters. The molecule has 0 amide bonds. The van der Waals surface area contributed by atoms with Crippen LogP contribution in [0.1, 0.15) is 163 Å². The van der Waals surface area contributed by atoms with E-state index in [0.29, 0.717) is 59.9 Å². The van der Waals surface area contributed by atoms with Crippen LogP contribution in [0.25, 0.3) is 33.5 Å². The molecule has 5 saturated heterocycles. The molecule has 6 aromatic heterocycles. The summed E-state index contributed by atoms with van der Waals surface area (Å²) in [6.45, 7) is 8.34. The lowest BCUT2D eigenvalue weighted by Gasteiger charge is -2.34. The second kappa shape index (κ2) is 37.8. The van der Waals surface area contributed by atoms with Gasteiger partial charge in [-0.05, 0) is 116 Å². The number of halogens is 3. The minimum atomic E-state index is -4.86. The Hall–Kier alpha value is -8.26. The normalized spacial score (nSPS) is 28.0. The number of carbonyl (C=O) groups excluding carboxylic acids is 4. The topological polar surface area (TPSA) is 538 Å². The maximum atomic E-state index is 15.5. The number of alkyl halides is 3. The lowest BCUT2D eigenvalue weighted by atomic mass is 9.88. The maximum Gasteiger partial charge on any atom is 0.510 e. The molecule has 0 bridgehead atoms. The molecule has 7 N–H and O–H groups in total. The third kappa shape index (κ3) is 19.5. The van der Waals surface area contributed by atoms with E-state index in [9.17, 15) is 52.4 Å². The van der Waals surface area contributed by atoms with E-state index >= 15 is 4.39 Å². The van der Waals surface area contributed by atoms with E-state index in [4.69, 9.17) is 97.2 Å². The number of rotatable bonds is 33. The van der Waals surface area contributed by atoms with Gasteiger partial charge in [-0.25, -0.2) is 104 Å². The molecule has 120 heavy (non-hydrogen) atoms. The van der Waals surface area contributed by atoms with Crippen molar-refractivity contribution in [3.05, 3.63) is 38.0 Å². The Morgan fingerprint density at radius 2 is 0.858 bits per heavy atom. The van der Waals surface area contributed by atoms with Crippen molar-refractivity contribution < 1.29 is 158 Å². The Kier molecular flexibility index (Phi) is 28.2. The van der Waals surface area contributed by atoms with Crippen molar-refractivity contribution in [3.8, 4) is 0 Å². The molecule has 50 heteroatoms. The molecule has 0 unspecified atom stereocenters. The van der Waals surface area contributed by atoms with Crippen LogP contribution in [-0.4, -0.2) is 267 Å². The van der Waals surface area contributed by atoms with Crippen LogP contribution in [0.3, 0.4) is 0 Å². The van der Waals surface area contributed by atoms with Crippen molar-refractivity contribution in [3.63, 3.8) is 0 Å². The lowest BCUT2D eigenvalue weighted by Crippen LogP contribution is -2.53. The van der Waals surface area contributed by atoms with Gasteiger partial charge in [0.25, 0.3) is 0 Å². The Bertz CT molecular complexity index is 4610.